The van der Waals surface area contributed by atoms with Gasteiger partial charge in [0.05, 0.1) is 12.5 Å². The smallest absolute Gasteiger partial charge is 0.228 e. The lowest BCUT2D eigenvalue weighted by molar-refractivity contribution is -0.122. The molecular weight excluding hydrogens is 166 g/mol. The van der Waals surface area contributed by atoms with Gasteiger partial charge in [0, 0.05) is 0 Å². The molecular formula is C10H19NO2. The molecule has 0 spiro atoms. The molecule has 1 aliphatic rings. The molecule has 0 radical (unpaired) electrons. The van der Waals surface area contributed by atoms with Gasteiger partial charge in [0.1, 0.15) is 0 Å². The molecule has 0 aliphatic carbocycles. The fraction of sp³-hybridized carbons (Fsp3) is 0.800. The highest BCUT2D eigenvalue weighted by Gasteiger charge is 2.28. The Morgan fingerprint density at radius 1 is 1.38 bits per heavy atom. The average Bonchev–Trinajstić information content (AvgIpc) is 2.45. The molecule has 76 valence electrons. The molecule has 13 heavy (non-hydrogen) atoms. The average molecular weight is 185 g/mol. The Morgan fingerprint density at radius 3 is 2.38 bits per heavy atom. The van der Waals surface area contributed by atoms with Gasteiger partial charge >= 0.3 is 0 Å². The summed E-state index contributed by atoms with van der Waals surface area (Å²) in [5.41, 5.74) is 0. The van der Waals surface area contributed by atoms with Crippen molar-refractivity contribution >= 4 is 11.7 Å². The summed E-state index contributed by atoms with van der Waals surface area (Å²) >= 11 is 0. The Kier molecular flexibility index (Phi) is 6.20. The predicted octanol–water partition coefficient (Wildman–Crippen LogP) is 1.66. The molecule has 1 amide bonds. The maximum Gasteiger partial charge on any atom is 0.228 e. The highest BCUT2D eigenvalue weighted by atomic mass is 16.2. The minimum Gasteiger partial charge on any atom is -0.346 e. The summed E-state index contributed by atoms with van der Waals surface area (Å²) in [7, 11) is 0. The summed E-state index contributed by atoms with van der Waals surface area (Å²) in [5, 5.41) is 2.65. The number of carbonyl (C=O) groups excluding carboxylic acids is 2. The van der Waals surface area contributed by atoms with Crippen LogP contribution >= 0.6 is 0 Å². The number of Topliss-reactive ketones (excluding diaryl/α,β-unsaturated/α-hetero) is 1. The quantitative estimate of drug-likeness (QED) is 0.680. The van der Waals surface area contributed by atoms with Gasteiger partial charge in [-0.15, -0.1) is 0 Å². The van der Waals surface area contributed by atoms with E-state index in [9.17, 15) is 9.59 Å². The van der Waals surface area contributed by atoms with Gasteiger partial charge in [0.15, 0.2) is 5.78 Å². The highest BCUT2D eigenvalue weighted by Crippen LogP contribution is 2.09. The molecule has 1 aliphatic heterocycles. The van der Waals surface area contributed by atoms with Gasteiger partial charge in [0.25, 0.3) is 0 Å². The van der Waals surface area contributed by atoms with Crippen molar-refractivity contribution in [2.75, 3.05) is 0 Å². The Labute approximate surface area is 79.9 Å². The molecule has 3 nitrogen and oxygen atoms in total. The van der Waals surface area contributed by atoms with E-state index >= 15 is 0 Å². The van der Waals surface area contributed by atoms with Gasteiger partial charge in [-0.05, 0) is 6.42 Å². The minimum absolute atomic E-state index is 0.0588. The van der Waals surface area contributed by atoms with Crippen molar-refractivity contribution < 1.29 is 9.59 Å². The first-order valence-electron chi connectivity index (χ1n) is 5.06. The third-order valence-corrected chi connectivity index (χ3v) is 1.91. The van der Waals surface area contributed by atoms with Crippen LogP contribution in [-0.4, -0.2) is 17.7 Å². The van der Waals surface area contributed by atoms with Crippen LogP contribution in [0.3, 0.4) is 0 Å². The standard InChI is InChI=1S/C8H13NO2.C2H6/c1-2-3-4-6-7(10)5-8(11)9-6;1-2/h6H,2-5H2,1H3,(H,9,11);1-2H3. The molecule has 3 heteroatoms. The molecule has 0 aromatic heterocycles. The number of unbranched alkanes of at least 4 members (excludes halogenated alkanes) is 1. The second-order valence-corrected chi connectivity index (χ2v) is 2.91. The number of ketones is 1. The van der Waals surface area contributed by atoms with Crippen LogP contribution in [0.2, 0.25) is 0 Å². The number of hydrogen-bond donors (Lipinski definition) is 1. The molecule has 0 aromatic rings. The van der Waals surface area contributed by atoms with Crippen LogP contribution < -0.4 is 5.32 Å². The Bertz CT molecular complexity index is 178. The zero-order valence-corrected chi connectivity index (χ0v) is 8.72. The molecule has 1 rings (SSSR count). The molecule has 0 bridgehead atoms. The first-order valence-corrected chi connectivity index (χ1v) is 5.06. The summed E-state index contributed by atoms with van der Waals surface area (Å²) in [6.45, 7) is 6.07. The van der Waals surface area contributed by atoms with E-state index in [1.165, 1.54) is 0 Å². The summed E-state index contributed by atoms with van der Waals surface area (Å²) in [6, 6.07) is -0.178. The van der Waals surface area contributed by atoms with E-state index in [0.717, 1.165) is 19.3 Å². The number of rotatable bonds is 3. The van der Waals surface area contributed by atoms with Crippen molar-refractivity contribution in [3.8, 4) is 0 Å². The molecule has 0 aromatic carbocycles. The number of carbonyl (C=O) groups is 2. The molecule has 1 fully saturated rings. The van der Waals surface area contributed by atoms with Crippen molar-refractivity contribution in [2.45, 2.75) is 52.5 Å². The van der Waals surface area contributed by atoms with Gasteiger partial charge in [-0.1, -0.05) is 33.6 Å². The Balaban J connectivity index is 0.000000671. The summed E-state index contributed by atoms with van der Waals surface area (Å²) in [5.74, 6) is -0.0560. The molecule has 1 N–H and O–H groups in total. The second-order valence-electron chi connectivity index (χ2n) is 2.91. The summed E-state index contributed by atoms with van der Waals surface area (Å²) in [6.07, 6.45) is 2.98. The normalized spacial score (nSPS) is 20.7. The fourth-order valence-electron chi connectivity index (χ4n) is 1.25. The maximum absolute atomic E-state index is 11.0. The Morgan fingerprint density at radius 2 is 2.00 bits per heavy atom. The first kappa shape index (κ1) is 12.1. The third-order valence-electron chi connectivity index (χ3n) is 1.91. The van der Waals surface area contributed by atoms with E-state index in [4.69, 9.17) is 0 Å². The second kappa shape index (κ2) is 6.63. The lowest BCUT2D eigenvalue weighted by atomic mass is 10.1. The summed E-state index contributed by atoms with van der Waals surface area (Å²) in [4.78, 5) is 21.7. The van der Waals surface area contributed by atoms with Crippen molar-refractivity contribution in [1.82, 2.24) is 5.32 Å². The van der Waals surface area contributed by atoms with Crippen molar-refractivity contribution in [2.24, 2.45) is 0 Å². The SMILES string of the molecule is CC.CCCCC1NC(=O)CC1=O. The number of hydrogen-bond acceptors (Lipinski definition) is 2. The highest BCUT2D eigenvalue weighted by molar-refractivity contribution is 6.07. The van der Waals surface area contributed by atoms with Crippen LogP contribution in [0.1, 0.15) is 46.5 Å². The van der Waals surface area contributed by atoms with Crippen LogP contribution in [0.4, 0.5) is 0 Å². The van der Waals surface area contributed by atoms with Gasteiger partial charge in [0.2, 0.25) is 5.91 Å². The van der Waals surface area contributed by atoms with Crippen molar-refractivity contribution in [3.05, 3.63) is 0 Å². The minimum atomic E-state index is -0.178. The molecule has 0 saturated carbocycles. The topological polar surface area (TPSA) is 46.2 Å². The lowest BCUT2D eigenvalue weighted by Gasteiger charge is -2.05. The number of amides is 1. The van der Waals surface area contributed by atoms with Crippen molar-refractivity contribution in [1.29, 1.82) is 0 Å². The van der Waals surface area contributed by atoms with Gasteiger partial charge in [-0.25, -0.2) is 0 Å². The van der Waals surface area contributed by atoms with Crippen LogP contribution in [0, 0.1) is 0 Å². The van der Waals surface area contributed by atoms with E-state index in [2.05, 4.69) is 12.2 Å². The van der Waals surface area contributed by atoms with E-state index in [1.54, 1.807) is 0 Å². The maximum atomic E-state index is 11.0. The lowest BCUT2D eigenvalue weighted by Crippen LogP contribution is -2.28. The van der Waals surface area contributed by atoms with E-state index in [-0.39, 0.29) is 24.2 Å². The molecule has 1 saturated heterocycles. The predicted molar refractivity (Wildman–Crippen MR) is 52.4 cm³/mol. The molecule has 1 heterocycles. The third kappa shape index (κ3) is 4.06. The monoisotopic (exact) mass is 185 g/mol. The summed E-state index contributed by atoms with van der Waals surface area (Å²) < 4.78 is 0. The molecule has 1 unspecified atom stereocenters. The van der Waals surface area contributed by atoms with Gasteiger partial charge in [-0.2, -0.15) is 0 Å². The molecule has 1 atom stereocenters. The van der Waals surface area contributed by atoms with E-state index < -0.39 is 0 Å². The van der Waals surface area contributed by atoms with Gasteiger partial charge in [-0.3, -0.25) is 9.59 Å². The van der Waals surface area contributed by atoms with Crippen LogP contribution in [0.15, 0.2) is 0 Å². The van der Waals surface area contributed by atoms with Crippen LogP contribution in [-0.2, 0) is 9.59 Å². The number of nitrogens with one attached hydrogen (secondary N) is 1. The van der Waals surface area contributed by atoms with E-state index in [0.29, 0.717) is 0 Å². The van der Waals surface area contributed by atoms with E-state index in [1.807, 2.05) is 13.8 Å². The van der Waals surface area contributed by atoms with Crippen molar-refractivity contribution in [3.63, 3.8) is 0 Å². The largest absolute Gasteiger partial charge is 0.346 e. The fourth-order valence-corrected chi connectivity index (χ4v) is 1.25. The first-order chi connectivity index (χ1) is 6.24. The zero-order chi connectivity index (χ0) is 10.3. The van der Waals surface area contributed by atoms with Crippen LogP contribution in [0.5, 0.6) is 0 Å². The Hall–Kier alpha value is -0.860. The van der Waals surface area contributed by atoms with Gasteiger partial charge < -0.3 is 5.32 Å². The van der Waals surface area contributed by atoms with Crippen LogP contribution in [0.25, 0.3) is 0 Å². The zero-order valence-electron chi connectivity index (χ0n) is 8.72.